The van der Waals surface area contributed by atoms with Crippen LogP contribution >= 0.6 is 23.3 Å². The highest BCUT2D eigenvalue weighted by molar-refractivity contribution is 8.00. The summed E-state index contributed by atoms with van der Waals surface area (Å²) in [5, 5.41) is 15.7. The number of carbonyl (C=O) groups excluding carboxylic acids is 1. The number of urea groups is 1. The number of nitrogens with one attached hydrogen (secondary N) is 1. The van der Waals surface area contributed by atoms with E-state index >= 15 is 0 Å². The van der Waals surface area contributed by atoms with Gasteiger partial charge in [0.2, 0.25) is 0 Å². The zero-order valence-corrected chi connectivity index (χ0v) is 11.2. The number of carboxylic acids is 1. The van der Waals surface area contributed by atoms with E-state index in [0.717, 1.165) is 11.5 Å². The van der Waals surface area contributed by atoms with Gasteiger partial charge in [0, 0.05) is 17.3 Å². The first-order valence-corrected chi connectivity index (χ1v) is 7.16. The van der Waals surface area contributed by atoms with E-state index in [0.29, 0.717) is 17.2 Å². The highest BCUT2D eigenvalue weighted by atomic mass is 32.2. The average molecular weight is 288 g/mol. The van der Waals surface area contributed by atoms with Crippen LogP contribution in [0.2, 0.25) is 0 Å². The largest absolute Gasteiger partial charge is 0.480 e. The topological polar surface area (TPSA) is 95.4 Å². The number of hydrogen-bond acceptors (Lipinski definition) is 6. The minimum Gasteiger partial charge on any atom is -0.480 e. The van der Waals surface area contributed by atoms with Crippen molar-refractivity contribution >= 4 is 40.3 Å². The van der Waals surface area contributed by atoms with Crippen LogP contribution < -0.4 is 5.32 Å². The Hall–Kier alpha value is -1.35. The van der Waals surface area contributed by atoms with Crippen molar-refractivity contribution in [1.29, 1.82) is 0 Å². The van der Waals surface area contributed by atoms with Crippen molar-refractivity contribution < 1.29 is 14.7 Å². The Morgan fingerprint density at radius 1 is 1.67 bits per heavy atom. The first-order valence-electron chi connectivity index (χ1n) is 5.34. The van der Waals surface area contributed by atoms with Gasteiger partial charge in [0.15, 0.2) is 0 Å². The molecule has 98 valence electrons. The van der Waals surface area contributed by atoms with Crippen molar-refractivity contribution in [2.75, 3.05) is 11.1 Å². The molecular formula is C9H12N4O3S2. The van der Waals surface area contributed by atoms with Crippen LogP contribution in [-0.2, 0) is 4.79 Å². The maximum atomic E-state index is 12.1. The van der Waals surface area contributed by atoms with E-state index in [-0.39, 0.29) is 5.37 Å². The normalized spacial score (nSPS) is 23.1. The maximum Gasteiger partial charge on any atom is 0.327 e. The number of amides is 2. The molecule has 2 N–H and O–H groups in total. The van der Waals surface area contributed by atoms with Gasteiger partial charge in [-0.2, -0.15) is 0 Å². The molecule has 1 saturated heterocycles. The molecule has 7 nitrogen and oxygen atoms in total. The van der Waals surface area contributed by atoms with Crippen molar-refractivity contribution in [2.45, 2.75) is 24.8 Å². The third kappa shape index (κ3) is 2.56. The van der Waals surface area contributed by atoms with E-state index in [4.69, 9.17) is 5.11 Å². The first-order chi connectivity index (χ1) is 8.63. The van der Waals surface area contributed by atoms with Gasteiger partial charge in [-0.3, -0.25) is 10.2 Å². The second-order valence-electron chi connectivity index (χ2n) is 3.67. The molecule has 0 aromatic carbocycles. The van der Waals surface area contributed by atoms with Crippen LogP contribution in [0.5, 0.6) is 0 Å². The Bertz CT molecular complexity index is 439. The molecule has 2 amide bonds. The molecule has 0 radical (unpaired) electrons. The van der Waals surface area contributed by atoms with Gasteiger partial charge < -0.3 is 5.11 Å². The van der Waals surface area contributed by atoms with E-state index in [1.54, 1.807) is 0 Å². The van der Waals surface area contributed by atoms with Gasteiger partial charge in [-0.25, -0.2) is 9.59 Å². The molecule has 2 atom stereocenters. The van der Waals surface area contributed by atoms with E-state index in [2.05, 4.69) is 14.9 Å². The van der Waals surface area contributed by atoms with Crippen LogP contribution in [0.25, 0.3) is 0 Å². The zero-order valence-electron chi connectivity index (χ0n) is 9.57. The summed E-state index contributed by atoms with van der Waals surface area (Å²) in [6, 6.07) is -1.19. The quantitative estimate of drug-likeness (QED) is 0.870. The van der Waals surface area contributed by atoms with Gasteiger partial charge in [-0.15, -0.1) is 16.9 Å². The minimum atomic E-state index is -0.976. The number of aromatic nitrogens is 2. The Morgan fingerprint density at radius 3 is 3.00 bits per heavy atom. The number of aliphatic carboxylic acids is 1. The molecular weight excluding hydrogens is 276 g/mol. The number of thioether (sulfide) groups is 1. The van der Waals surface area contributed by atoms with Gasteiger partial charge in [0.25, 0.3) is 0 Å². The van der Waals surface area contributed by atoms with Gasteiger partial charge in [-0.05, 0) is 6.42 Å². The average Bonchev–Trinajstić information content (AvgIpc) is 2.95. The van der Waals surface area contributed by atoms with Gasteiger partial charge in [-0.1, -0.05) is 11.4 Å². The van der Waals surface area contributed by atoms with Crippen molar-refractivity contribution in [3.8, 4) is 0 Å². The molecule has 18 heavy (non-hydrogen) atoms. The predicted octanol–water partition coefficient (Wildman–Crippen LogP) is 1.31. The molecule has 9 heteroatoms. The summed E-state index contributed by atoms with van der Waals surface area (Å²) in [6.07, 6.45) is 2.14. The molecule has 1 aliphatic heterocycles. The van der Waals surface area contributed by atoms with Crippen molar-refractivity contribution in [3.05, 3.63) is 6.20 Å². The fraction of sp³-hybridized carbons (Fsp3) is 0.556. The molecule has 2 unspecified atom stereocenters. The lowest BCUT2D eigenvalue weighted by molar-refractivity contribution is -0.141. The van der Waals surface area contributed by atoms with Crippen LogP contribution in [0.1, 0.15) is 13.3 Å². The van der Waals surface area contributed by atoms with Gasteiger partial charge >= 0.3 is 12.0 Å². The smallest absolute Gasteiger partial charge is 0.327 e. The number of nitrogens with zero attached hydrogens (tertiary/aromatic N) is 3. The van der Waals surface area contributed by atoms with Crippen molar-refractivity contribution in [1.82, 2.24) is 14.5 Å². The van der Waals surface area contributed by atoms with Crippen LogP contribution in [0, 0.1) is 0 Å². The second kappa shape index (κ2) is 5.53. The van der Waals surface area contributed by atoms with Crippen LogP contribution in [0.3, 0.4) is 0 Å². The lowest BCUT2D eigenvalue weighted by Crippen LogP contribution is -2.47. The van der Waals surface area contributed by atoms with Gasteiger partial charge in [0.05, 0.1) is 11.6 Å². The SMILES string of the molecule is CCC1SCC(C(=O)O)N1C(=O)Nc1cnns1. The van der Waals surface area contributed by atoms with Crippen LogP contribution in [-0.4, -0.2) is 48.8 Å². The summed E-state index contributed by atoms with van der Waals surface area (Å²) >= 11 is 2.54. The summed E-state index contributed by atoms with van der Waals surface area (Å²) in [5.74, 6) is -0.557. The highest BCUT2D eigenvalue weighted by Crippen LogP contribution is 2.32. The molecule has 1 aromatic rings. The lowest BCUT2D eigenvalue weighted by Gasteiger charge is -2.26. The number of carboxylic acid groups (broad SMARTS) is 1. The third-order valence-corrected chi connectivity index (χ3v) is 4.59. The fourth-order valence-corrected chi connectivity index (χ4v) is 3.49. The Labute approximate surface area is 112 Å². The Kier molecular flexibility index (Phi) is 4.02. The molecule has 2 heterocycles. The van der Waals surface area contributed by atoms with E-state index in [9.17, 15) is 9.59 Å². The molecule has 2 rings (SSSR count). The summed E-state index contributed by atoms with van der Waals surface area (Å²) in [4.78, 5) is 24.6. The van der Waals surface area contributed by atoms with Crippen LogP contribution in [0.4, 0.5) is 9.80 Å². The molecule has 1 fully saturated rings. The summed E-state index contributed by atoms with van der Waals surface area (Å²) in [5.41, 5.74) is 0. The van der Waals surface area contributed by atoms with E-state index in [1.165, 1.54) is 22.9 Å². The summed E-state index contributed by atoms with van der Waals surface area (Å²) in [7, 11) is 0. The molecule has 0 bridgehead atoms. The predicted molar refractivity (Wildman–Crippen MR) is 68.7 cm³/mol. The van der Waals surface area contributed by atoms with Crippen molar-refractivity contribution in [3.63, 3.8) is 0 Å². The molecule has 0 spiro atoms. The number of carbonyl (C=O) groups is 2. The third-order valence-electron chi connectivity index (χ3n) is 2.55. The van der Waals surface area contributed by atoms with Crippen molar-refractivity contribution in [2.24, 2.45) is 0 Å². The lowest BCUT2D eigenvalue weighted by atomic mass is 10.3. The van der Waals surface area contributed by atoms with Crippen LogP contribution in [0.15, 0.2) is 6.20 Å². The fourth-order valence-electron chi connectivity index (χ4n) is 1.73. The maximum absolute atomic E-state index is 12.1. The summed E-state index contributed by atoms with van der Waals surface area (Å²) < 4.78 is 3.63. The van der Waals surface area contributed by atoms with E-state index in [1.807, 2.05) is 6.92 Å². The number of hydrogen-bond donors (Lipinski definition) is 2. The molecule has 0 aliphatic carbocycles. The monoisotopic (exact) mass is 288 g/mol. The molecule has 0 saturated carbocycles. The minimum absolute atomic E-state index is 0.105. The number of rotatable bonds is 3. The summed E-state index contributed by atoms with van der Waals surface area (Å²) in [6.45, 7) is 1.93. The highest BCUT2D eigenvalue weighted by Gasteiger charge is 2.40. The van der Waals surface area contributed by atoms with Gasteiger partial charge in [0.1, 0.15) is 11.0 Å². The first kappa shape index (κ1) is 13.1. The Morgan fingerprint density at radius 2 is 2.44 bits per heavy atom. The molecule has 1 aliphatic rings. The number of anilines is 1. The molecule has 1 aromatic heterocycles. The zero-order chi connectivity index (χ0) is 13.1. The standard InChI is InChI=1S/C9H12N4O3S2/c1-2-7-13(5(4-17-7)8(14)15)9(16)11-6-3-10-12-18-6/h3,5,7H,2,4H2,1H3,(H,11,16)(H,14,15). The Balaban J connectivity index is 2.11. The van der Waals surface area contributed by atoms with E-state index < -0.39 is 18.0 Å². The second-order valence-corrected chi connectivity index (χ2v) is 5.67.